The van der Waals surface area contributed by atoms with Crippen LogP contribution < -0.4 is 10.6 Å². The summed E-state index contributed by atoms with van der Waals surface area (Å²) in [5.74, 6) is 0.0685. The van der Waals surface area contributed by atoms with Gasteiger partial charge in [0.05, 0.1) is 6.42 Å². The molecule has 0 aliphatic rings. The molecule has 0 aliphatic heterocycles. The average Bonchev–Trinajstić information content (AvgIpc) is 2.47. The maximum atomic E-state index is 12.2. The Morgan fingerprint density at radius 3 is 2.52 bits per heavy atom. The molecule has 0 fully saturated rings. The van der Waals surface area contributed by atoms with Crippen LogP contribution in [-0.4, -0.2) is 40.9 Å². The predicted molar refractivity (Wildman–Crippen MR) is 95.0 cm³/mol. The fourth-order valence-corrected chi connectivity index (χ4v) is 3.64. The molecule has 0 aromatic heterocycles. The Morgan fingerprint density at radius 2 is 1.87 bits per heavy atom. The normalized spacial score (nSPS) is 10.2. The molecule has 0 radical (unpaired) electrons. The highest BCUT2D eigenvalue weighted by Gasteiger charge is 2.11. The summed E-state index contributed by atoms with van der Waals surface area (Å²) >= 11 is 0. The summed E-state index contributed by atoms with van der Waals surface area (Å²) in [4.78, 5) is 33.7. The summed E-state index contributed by atoms with van der Waals surface area (Å²) in [5, 5.41) is 14.0. The number of aliphatic carboxylic acids is 1. The molecule has 0 spiro atoms. The molecule has 0 atom stereocenters. The number of hydrogen-bond donors (Lipinski definition) is 3. The lowest BCUT2D eigenvalue weighted by Crippen LogP contribution is -2.26. The van der Waals surface area contributed by atoms with Crippen LogP contribution in [0.5, 0.6) is 0 Å². The highest BCUT2D eigenvalue weighted by molar-refractivity contribution is 8.76. The molecular weight excluding hydrogens is 336 g/mol. The Morgan fingerprint density at radius 1 is 1.17 bits per heavy atom. The van der Waals surface area contributed by atoms with E-state index >= 15 is 0 Å². The summed E-state index contributed by atoms with van der Waals surface area (Å²) in [6.07, 6.45) is 0.138. The van der Waals surface area contributed by atoms with Gasteiger partial charge in [-0.05, 0) is 24.6 Å². The van der Waals surface area contributed by atoms with Crippen LogP contribution in [0.15, 0.2) is 18.2 Å². The maximum Gasteiger partial charge on any atom is 0.304 e. The SMILES string of the molecule is CC(=O)Nc1cccc(C(=O)NCCSSCCC(=O)O)c1C. The Balaban J connectivity index is 2.40. The van der Waals surface area contributed by atoms with E-state index < -0.39 is 5.97 Å². The topological polar surface area (TPSA) is 95.5 Å². The molecule has 0 aliphatic carbocycles. The molecule has 1 aromatic carbocycles. The van der Waals surface area contributed by atoms with Crippen molar-refractivity contribution in [3.63, 3.8) is 0 Å². The van der Waals surface area contributed by atoms with Gasteiger partial charge in [0.25, 0.3) is 5.91 Å². The van der Waals surface area contributed by atoms with Crippen LogP contribution in [0.2, 0.25) is 0 Å². The molecule has 0 heterocycles. The van der Waals surface area contributed by atoms with Gasteiger partial charge >= 0.3 is 5.97 Å². The van der Waals surface area contributed by atoms with Gasteiger partial charge in [-0.15, -0.1) is 0 Å². The van der Waals surface area contributed by atoms with Crippen molar-refractivity contribution in [2.75, 3.05) is 23.4 Å². The van der Waals surface area contributed by atoms with Crippen LogP contribution in [0.1, 0.15) is 29.3 Å². The maximum absolute atomic E-state index is 12.2. The van der Waals surface area contributed by atoms with Gasteiger partial charge in [0, 0.05) is 36.2 Å². The minimum atomic E-state index is -0.805. The number of amides is 2. The Kier molecular flexibility index (Phi) is 8.57. The van der Waals surface area contributed by atoms with Crippen LogP contribution in [-0.2, 0) is 9.59 Å². The zero-order chi connectivity index (χ0) is 17.2. The van der Waals surface area contributed by atoms with Crippen LogP contribution in [0.25, 0.3) is 0 Å². The molecule has 3 N–H and O–H groups in total. The second-order valence-corrected chi connectivity index (χ2v) is 7.41. The Hall–Kier alpha value is -1.67. The molecule has 0 unspecified atom stereocenters. The van der Waals surface area contributed by atoms with Crippen LogP contribution in [0.3, 0.4) is 0 Å². The standard InChI is InChI=1S/C15H20N2O4S2/c1-10-12(4-3-5-13(10)17-11(2)18)15(21)16-7-9-23-22-8-6-14(19)20/h3-5H,6-9H2,1-2H3,(H,16,21)(H,17,18)(H,19,20). The van der Waals surface area contributed by atoms with Crippen molar-refractivity contribution in [3.8, 4) is 0 Å². The third-order valence-electron chi connectivity index (χ3n) is 2.84. The molecular formula is C15H20N2O4S2. The molecule has 2 amide bonds. The third kappa shape index (κ3) is 7.43. The summed E-state index contributed by atoms with van der Waals surface area (Å²) in [7, 11) is 3.01. The molecule has 1 rings (SSSR count). The first kappa shape index (κ1) is 19.4. The van der Waals surface area contributed by atoms with Gasteiger partial charge in [-0.1, -0.05) is 27.7 Å². The molecule has 6 nitrogen and oxygen atoms in total. The second-order valence-electron chi connectivity index (χ2n) is 4.70. The number of carboxylic acids is 1. The number of nitrogens with one attached hydrogen (secondary N) is 2. The lowest BCUT2D eigenvalue weighted by atomic mass is 10.1. The van der Waals surface area contributed by atoms with Crippen molar-refractivity contribution < 1.29 is 19.5 Å². The number of hydrogen-bond acceptors (Lipinski definition) is 5. The fraction of sp³-hybridized carbons (Fsp3) is 0.400. The van der Waals surface area contributed by atoms with E-state index in [1.165, 1.54) is 28.5 Å². The van der Waals surface area contributed by atoms with Crippen molar-refractivity contribution in [2.45, 2.75) is 20.3 Å². The van der Waals surface area contributed by atoms with Crippen LogP contribution in [0.4, 0.5) is 5.69 Å². The van der Waals surface area contributed by atoms with Gasteiger partial charge in [0.15, 0.2) is 0 Å². The summed E-state index contributed by atoms with van der Waals surface area (Å²) < 4.78 is 0. The monoisotopic (exact) mass is 356 g/mol. The first-order chi connectivity index (χ1) is 10.9. The van der Waals surface area contributed by atoms with Crippen molar-refractivity contribution in [1.82, 2.24) is 5.32 Å². The van der Waals surface area contributed by atoms with E-state index in [4.69, 9.17) is 5.11 Å². The first-order valence-corrected chi connectivity index (χ1v) is 9.52. The van der Waals surface area contributed by atoms with Crippen LogP contribution in [0, 0.1) is 6.92 Å². The smallest absolute Gasteiger partial charge is 0.304 e. The van der Waals surface area contributed by atoms with E-state index in [1.807, 2.05) is 0 Å². The van der Waals surface area contributed by atoms with Crippen LogP contribution >= 0.6 is 21.6 Å². The van der Waals surface area contributed by atoms with Gasteiger partial charge in [0.2, 0.25) is 5.91 Å². The fourth-order valence-electron chi connectivity index (χ4n) is 1.75. The molecule has 0 saturated heterocycles. The van der Waals surface area contributed by atoms with Gasteiger partial charge in [-0.2, -0.15) is 0 Å². The molecule has 0 saturated carbocycles. The number of benzene rings is 1. The molecule has 8 heteroatoms. The summed E-state index contributed by atoms with van der Waals surface area (Å²) in [6, 6.07) is 5.19. The average molecular weight is 356 g/mol. The van der Waals surface area contributed by atoms with Gasteiger partial charge in [0.1, 0.15) is 0 Å². The number of carboxylic acid groups (broad SMARTS) is 1. The van der Waals surface area contributed by atoms with E-state index in [1.54, 1.807) is 25.1 Å². The summed E-state index contributed by atoms with van der Waals surface area (Å²) in [5.41, 5.74) is 1.88. The van der Waals surface area contributed by atoms with E-state index in [0.717, 1.165) is 5.56 Å². The van der Waals surface area contributed by atoms with Crippen molar-refractivity contribution in [1.29, 1.82) is 0 Å². The molecule has 0 bridgehead atoms. The Labute approximate surface area is 143 Å². The first-order valence-electron chi connectivity index (χ1n) is 7.03. The zero-order valence-electron chi connectivity index (χ0n) is 13.0. The third-order valence-corrected chi connectivity index (χ3v) is 5.25. The molecule has 126 valence electrons. The van der Waals surface area contributed by atoms with E-state index in [9.17, 15) is 14.4 Å². The number of anilines is 1. The minimum absolute atomic E-state index is 0.138. The van der Waals surface area contributed by atoms with Crippen molar-refractivity contribution in [3.05, 3.63) is 29.3 Å². The van der Waals surface area contributed by atoms with Gasteiger partial charge < -0.3 is 15.7 Å². The van der Waals surface area contributed by atoms with E-state index in [2.05, 4.69) is 10.6 Å². The zero-order valence-corrected chi connectivity index (χ0v) is 14.7. The Bertz CT molecular complexity index is 579. The lowest BCUT2D eigenvalue weighted by molar-refractivity contribution is -0.136. The van der Waals surface area contributed by atoms with E-state index in [0.29, 0.717) is 29.3 Å². The highest BCUT2D eigenvalue weighted by atomic mass is 33.1. The second kappa shape index (κ2) is 10.2. The molecule has 1 aromatic rings. The molecule has 23 heavy (non-hydrogen) atoms. The van der Waals surface area contributed by atoms with Crippen molar-refractivity contribution in [2.24, 2.45) is 0 Å². The minimum Gasteiger partial charge on any atom is -0.481 e. The lowest BCUT2D eigenvalue weighted by Gasteiger charge is -2.11. The van der Waals surface area contributed by atoms with Crippen molar-refractivity contribution >= 4 is 45.1 Å². The number of rotatable bonds is 9. The van der Waals surface area contributed by atoms with Gasteiger partial charge in [-0.25, -0.2) is 0 Å². The number of carbonyl (C=O) groups is 3. The number of carbonyl (C=O) groups excluding carboxylic acids is 2. The van der Waals surface area contributed by atoms with Gasteiger partial charge in [-0.3, -0.25) is 14.4 Å². The largest absolute Gasteiger partial charge is 0.481 e. The summed E-state index contributed by atoms with van der Waals surface area (Å²) in [6.45, 7) is 3.70. The predicted octanol–water partition coefficient (Wildman–Crippen LogP) is 2.54. The van der Waals surface area contributed by atoms with E-state index in [-0.39, 0.29) is 18.2 Å². The highest BCUT2D eigenvalue weighted by Crippen LogP contribution is 2.21. The quantitative estimate of drug-likeness (QED) is 0.465.